The van der Waals surface area contributed by atoms with E-state index in [1.165, 1.54) is 5.57 Å². The average molecular weight is 258 g/mol. The third kappa shape index (κ3) is 3.51. The van der Waals surface area contributed by atoms with Crippen molar-refractivity contribution in [3.63, 3.8) is 0 Å². The molecule has 16 heavy (non-hydrogen) atoms. The topological polar surface area (TPSA) is 12.0 Å². The maximum absolute atomic E-state index is 6.12. The quantitative estimate of drug-likeness (QED) is 0.844. The van der Waals surface area contributed by atoms with Crippen LogP contribution in [0, 0.1) is 0 Å². The van der Waals surface area contributed by atoms with Crippen molar-refractivity contribution in [1.29, 1.82) is 0 Å². The zero-order chi connectivity index (χ0) is 12.1. The Hall–Kier alpha value is -0.500. The molecule has 1 N–H and O–H groups in total. The van der Waals surface area contributed by atoms with Gasteiger partial charge in [0.2, 0.25) is 0 Å². The van der Waals surface area contributed by atoms with Gasteiger partial charge in [-0.2, -0.15) is 0 Å². The molecular formula is C13H17Cl2N. The minimum Gasteiger partial charge on any atom is -0.311 e. The average Bonchev–Trinajstić information content (AvgIpc) is 2.25. The SMILES string of the molecule is CCNC(C)/C(C)=C/c1cccc(Cl)c1Cl. The van der Waals surface area contributed by atoms with Crippen LogP contribution in [0.1, 0.15) is 26.3 Å². The van der Waals surface area contributed by atoms with Crippen LogP contribution in [-0.4, -0.2) is 12.6 Å². The molecule has 1 unspecified atom stereocenters. The van der Waals surface area contributed by atoms with Gasteiger partial charge in [-0.1, -0.05) is 53.9 Å². The molecule has 0 aliphatic heterocycles. The number of rotatable bonds is 4. The van der Waals surface area contributed by atoms with Gasteiger partial charge in [0.1, 0.15) is 0 Å². The lowest BCUT2D eigenvalue weighted by Crippen LogP contribution is -2.26. The fourth-order valence-corrected chi connectivity index (χ4v) is 1.83. The van der Waals surface area contributed by atoms with Crippen LogP contribution in [0.3, 0.4) is 0 Å². The van der Waals surface area contributed by atoms with E-state index in [2.05, 4.69) is 32.2 Å². The standard InChI is InChI=1S/C13H17Cl2N/c1-4-16-10(3)9(2)8-11-6-5-7-12(14)13(11)15/h5-8,10,16H,4H2,1-3H3/b9-8+. The predicted octanol–water partition coefficient (Wildman–Crippen LogP) is 4.39. The molecule has 0 bridgehead atoms. The van der Waals surface area contributed by atoms with E-state index in [1.54, 1.807) is 6.07 Å². The molecule has 0 spiro atoms. The van der Waals surface area contributed by atoms with Gasteiger partial charge in [0.15, 0.2) is 0 Å². The summed E-state index contributed by atoms with van der Waals surface area (Å²) in [4.78, 5) is 0. The Morgan fingerprint density at radius 3 is 2.75 bits per heavy atom. The Kier molecular flexibility index (Phi) is 5.33. The molecule has 1 nitrogen and oxygen atoms in total. The monoisotopic (exact) mass is 257 g/mol. The molecule has 1 rings (SSSR count). The summed E-state index contributed by atoms with van der Waals surface area (Å²) in [7, 11) is 0. The van der Waals surface area contributed by atoms with Crippen LogP contribution in [-0.2, 0) is 0 Å². The summed E-state index contributed by atoms with van der Waals surface area (Å²) >= 11 is 12.1. The van der Waals surface area contributed by atoms with Gasteiger partial charge in [-0.15, -0.1) is 0 Å². The molecule has 0 radical (unpaired) electrons. The van der Waals surface area contributed by atoms with Crippen molar-refractivity contribution in [2.75, 3.05) is 6.54 Å². The number of hydrogen-bond donors (Lipinski definition) is 1. The molecule has 0 aliphatic rings. The summed E-state index contributed by atoms with van der Waals surface area (Å²) in [5.41, 5.74) is 2.21. The second kappa shape index (κ2) is 6.29. The van der Waals surface area contributed by atoms with E-state index >= 15 is 0 Å². The van der Waals surface area contributed by atoms with Gasteiger partial charge < -0.3 is 5.32 Å². The third-order valence-corrected chi connectivity index (χ3v) is 3.39. The van der Waals surface area contributed by atoms with E-state index in [1.807, 2.05) is 12.1 Å². The van der Waals surface area contributed by atoms with Gasteiger partial charge in [0.05, 0.1) is 10.0 Å². The van der Waals surface area contributed by atoms with Crippen molar-refractivity contribution in [3.05, 3.63) is 39.4 Å². The molecule has 1 aromatic carbocycles. The molecular weight excluding hydrogens is 241 g/mol. The Morgan fingerprint density at radius 1 is 1.44 bits per heavy atom. The number of hydrogen-bond acceptors (Lipinski definition) is 1. The van der Waals surface area contributed by atoms with Crippen LogP contribution in [0.15, 0.2) is 23.8 Å². The van der Waals surface area contributed by atoms with Gasteiger partial charge in [-0.3, -0.25) is 0 Å². The second-order valence-corrected chi connectivity index (χ2v) is 4.60. The van der Waals surface area contributed by atoms with Crippen molar-refractivity contribution in [2.24, 2.45) is 0 Å². The highest BCUT2D eigenvalue weighted by molar-refractivity contribution is 6.42. The Bertz CT molecular complexity index is 386. The number of benzene rings is 1. The highest BCUT2D eigenvalue weighted by Crippen LogP contribution is 2.27. The molecule has 0 aromatic heterocycles. The van der Waals surface area contributed by atoms with Crippen molar-refractivity contribution in [3.8, 4) is 0 Å². The first-order chi connectivity index (χ1) is 7.56. The first kappa shape index (κ1) is 13.6. The highest BCUT2D eigenvalue weighted by atomic mass is 35.5. The van der Waals surface area contributed by atoms with Gasteiger partial charge in [-0.05, 0) is 32.0 Å². The normalized spacial score (nSPS) is 13.9. The summed E-state index contributed by atoms with van der Waals surface area (Å²) in [6.45, 7) is 7.27. The van der Waals surface area contributed by atoms with Crippen molar-refractivity contribution in [2.45, 2.75) is 26.8 Å². The minimum atomic E-state index is 0.347. The second-order valence-electron chi connectivity index (χ2n) is 3.81. The molecule has 0 aliphatic carbocycles. The molecule has 0 fully saturated rings. The molecule has 1 aromatic rings. The summed E-state index contributed by atoms with van der Waals surface area (Å²) in [5, 5.41) is 4.57. The fourth-order valence-electron chi connectivity index (χ4n) is 1.47. The largest absolute Gasteiger partial charge is 0.311 e. The van der Waals surface area contributed by atoms with Crippen LogP contribution in [0.4, 0.5) is 0 Å². The molecule has 0 saturated heterocycles. The lowest BCUT2D eigenvalue weighted by Gasteiger charge is -2.13. The molecule has 3 heteroatoms. The fraction of sp³-hybridized carbons (Fsp3) is 0.385. The molecule has 0 saturated carbocycles. The third-order valence-electron chi connectivity index (χ3n) is 2.56. The van der Waals surface area contributed by atoms with Gasteiger partial charge >= 0.3 is 0 Å². The summed E-state index contributed by atoms with van der Waals surface area (Å²) in [6.07, 6.45) is 2.07. The van der Waals surface area contributed by atoms with Crippen LogP contribution < -0.4 is 5.32 Å². The van der Waals surface area contributed by atoms with E-state index in [9.17, 15) is 0 Å². The summed E-state index contributed by atoms with van der Waals surface area (Å²) in [5.74, 6) is 0. The van der Waals surface area contributed by atoms with Crippen LogP contribution in [0.2, 0.25) is 10.0 Å². The van der Waals surface area contributed by atoms with Gasteiger partial charge in [-0.25, -0.2) is 0 Å². The zero-order valence-corrected chi connectivity index (χ0v) is 11.4. The van der Waals surface area contributed by atoms with E-state index in [-0.39, 0.29) is 0 Å². The Balaban J connectivity index is 2.93. The first-order valence-corrected chi connectivity index (χ1v) is 6.17. The van der Waals surface area contributed by atoms with Crippen molar-refractivity contribution < 1.29 is 0 Å². The lowest BCUT2D eigenvalue weighted by atomic mass is 10.1. The smallest absolute Gasteiger partial charge is 0.0664 e. The maximum atomic E-state index is 6.12. The highest BCUT2D eigenvalue weighted by Gasteiger charge is 2.05. The lowest BCUT2D eigenvalue weighted by molar-refractivity contribution is 0.636. The molecule has 0 heterocycles. The van der Waals surface area contributed by atoms with Crippen molar-refractivity contribution in [1.82, 2.24) is 5.32 Å². The maximum Gasteiger partial charge on any atom is 0.0664 e. The van der Waals surface area contributed by atoms with Gasteiger partial charge in [0.25, 0.3) is 0 Å². The molecule has 88 valence electrons. The van der Waals surface area contributed by atoms with E-state index in [0.717, 1.165) is 12.1 Å². The Morgan fingerprint density at radius 2 is 2.12 bits per heavy atom. The summed E-state index contributed by atoms with van der Waals surface area (Å²) < 4.78 is 0. The number of likely N-dealkylation sites (N-methyl/N-ethyl adjacent to an activating group) is 1. The van der Waals surface area contributed by atoms with Crippen LogP contribution >= 0.6 is 23.2 Å². The number of nitrogens with one attached hydrogen (secondary N) is 1. The van der Waals surface area contributed by atoms with Gasteiger partial charge in [0, 0.05) is 6.04 Å². The zero-order valence-electron chi connectivity index (χ0n) is 9.85. The minimum absolute atomic E-state index is 0.347. The first-order valence-electron chi connectivity index (χ1n) is 5.41. The summed E-state index contributed by atoms with van der Waals surface area (Å²) in [6, 6.07) is 6.02. The van der Waals surface area contributed by atoms with E-state index < -0.39 is 0 Å². The van der Waals surface area contributed by atoms with E-state index in [0.29, 0.717) is 16.1 Å². The number of halogens is 2. The van der Waals surface area contributed by atoms with Crippen LogP contribution in [0.5, 0.6) is 0 Å². The Labute approximate surface area is 107 Å². The molecule has 1 atom stereocenters. The van der Waals surface area contributed by atoms with E-state index in [4.69, 9.17) is 23.2 Å². The van der Waals surface area contributed by atoms with Crippen molar-refractivity contribution >= 4 is 29.3 Å². The van der Waals surface area contributed by atoms with Crippen LogP contribution in [0.25, 0.3) is 6.08 Å². The molecule has 0 amide bonds. The predicted molar refractivity (Wildman–Crippen MR) is 73.3 cm³/mol.